The van der Waals surface area contributed by atoms with Crippen molar-refractivity contribution in [1.29, 1.82) is 0 Å². The van der Waals surface area contributed by atoms with Gasteiger partial charge < -0.3 is 10.1 Å². The maximum absolute atomic E-state index is 12.0. The van der Waals surface area contributed by atoms with Crippen molar-refractivity contribution >= 4 is 68.1 Å². The average Bonchev–Trinajstić information content (AvgIpc) is 2.72. The van der Waals surface area contributed by atoms with Crippen LogP contribution in [0.2, 0.25) is 15.1 Å². The van der Waals surface area contributed by atoms with Gasteiger partial charge in [0.1, 0.15) is 11.4 Å². The molecule has 20 heavy (non-hydrogen) atoms. The molecule has 2 aromatic rings. The highest BCUT2D eigenvalue weighted by Crippen LogP contribution is 2.41. The zero-order valence-electron chi connectivity index (χ0n) is 10.1. The Balaban J connectivity index is 2.35. The van der Waals surface area contributed by atoms with E-state index in [0.717, 1.165) is 11.3 Å². The molecule has 0 bridgehead atoms. The van der Waals surface area contributed by atoms with Crippen LogP contribution in [-0.2, 0) is 9.53 Å². The number of methoxy groups -OCH3 is 1. The predicted molar refractivity (Wildman–Crippen MR) is 81.2 cm³/mol. The second kappa shape index (κ2) is 6.18. The van der Waals surface area contributed by atoms with Crippen LogP contribution in [0.25, 0.3) is 10.1 Å². The van der Waals surface area contributed by atoms with E-state index >= 15 is 0 Å². The van der Waals surface area contributed by atoms with Crippen LogP contribution in [0.3, 0.4) is 0 Å². The molecule has 2 rings (SSSR count). The third-order valence-electron chi connectivity index (χ3n) is 2.48. The summed E-state index contributed by atoms with van der Waals surface area (Å²) >= 11 is 19.3. The standard InChI is InChI=1S/C12H8Cl3NO3S/c1-19-8(17)4-16-12(18)11-10(15)9-6(14)2-5(13)3-7(9)20-11/h2-3H,4H2,1H3,(H,16,18). The summed E-state index contributed by atoms with van der Waals surface area (Å²) in [7, 11) is 1.24. The number of esters is 1. The van der Waals surface area contributed by atoms with E-state index in [1.54, 1.807) is 12.1 Å². The number of thiophene rings is 1. The van der Waals surface area contributed by atoms with Crippen molar-refractivity contribution in [3.8, 4) is 0 Å². The number of carbonyl (C=O) groups excluding carboxylic acids is 2. The fourth-order valence-corrected chi connectivity index (χ4v) is 3.86. The molecule has 0 fully saturated rings. The summed E-state index contributed by atoms with van der Waals surface area (Å²) in [6.45, 7) is -0.228. The molecule has 1 N–H and O–H groups in total. The molecular weight excluding hydrogens is 345 g/mol. The molecule has 0 aliphatic heterocycles. The molecule has 8 heteroatoms. The molecule has 1 aromatic heterocycles. The van der Waals surface area contributed by atoms with E-state index in [1.165, 1.54) is 7.11 Å². The second-order valence-corrected chi connectivity index (χ2v) is 6.04. The number of ether oxygens (including phenoxy) is 1. The zero-order chi connectivity index (χ0) is 14.9. The number of fused-ring (bicyclic) bond motifs is 1. The van der Waals surface area contributed by atoms with Gasteiger partial charge in [-0.05, 0) is 12.1 Å². The molecule has 1 aromatic carbocycles. The number of carbonyl (C=O) groups is 2. The zero-order valence-corrected chi connectivity index (χ0v) is 13.2. The summed E-state index contributed by atoms with van der Waals surface area (Å²) in [4.78, 5) is 23.3. The highest BCUT2D eigenvalue weighted by atomic mass is 35.5. The number of hydrogen-bond acceptors (Lipinski definition) is 4. The van der Waals surface area contributed by atoms with Gasteiger partial charge in [-0.15, -0.1) is 11.3 Å². The lowest BCUT2D eigenvalue weighted by Gasteiger charge is -2.02. The largest absolute Gasteiger partial charge is 0.468 e. The minimum Gasteiger partial charge on any atom is -0.468 e. The van der Waals surface area contributed by atoms with Crippen molar-refractivity contribution in [2.45, 2.75) is 0 Å². The van der Waals surface area contributed by atoms with E-state index in [4.69, 9.17) is 34.8 Å². The molecule has 1 amide bonds. The van der Waals surface area contributed by atoms with Gasteiger partial charge in [0.05, 0.1) is 17.2 Å². The van der Waals surface area contributed by atoms with Gasteiger partial charge in [0.25, 0.3) is 5.91 Å². The lowest BCUT2D eigenvalue weighted by molar-refractivity contribution is -0.139. The van der Waals surface area contributed by atoms with Crippen molar-refractivity contribution in [3.05, 3.63) is 32.1 Å². The first-order valence-electron chi connectivity index (χ1n) is 5.36. The molecule has 0 aliphatic carbocycles. The Kier molecular flexibility index (Phi) is 4.75. The normalized spacial score (nSPS) is 10.6. The van der Waals surface area contributed by atoms with Gasteiger partial charge in [-0.3, -0.25) is 9.59 Å². The van der Waals surface area contributed by atoms with Gasteiger partial charge >= 0.3 is 5.97 Å². The average molecular weight is 353 g/mol. The summed E-state index contributed by atoms with van der Waals surface area (Å²) in [5, 5.41) is 4.08. The molecular formula is C12H8Cl3NO3S. The minimum atomic E-state index is -0.545. The Morgan fingerprint density at radius 3 is 2.65 bits per heavy atom. The minimum absolute atomic E-state index is 0.228. The Labute approximate surface area is 133 Å². The highest BCUT2D eigenvalue weighted by molar-refractivity contribution is 7.21. The number of nitrogens with one attached hydrogen (secondary N) is 1. The first kappa shape index (κ1) is 15.4. The van der Waals surface area contributed by atoms with Crippen LogP contribution in [0.15, 0.2) is 12.1 Å². The quantitative estimate of drug-likeness (QED) is 0.856. The number of halogens is 3. The molecule has 0 unspecified atom stereocenters. The van der Waals surface area contributed by atoms with Crippen molar-refractivity contribution in [3.63, 3.8) is 0 Å². The van der Waals surface area contributed by atoms with Crippen LogP contribution in [-0.4, -0.2) is 25.5 Å². The van der Waals surface area contributed by atoms with Crippen molar-refractivity contribution in [2.75, 3.05) is 13.7 Å². The molecule has 0 spiro atoms. The maximum Gasteiger partial charge on any atom is 0.325 e. The number of rotatable bonds is 3. The topological polar surface area (TPSA) is 55.4 Å². The van der Waals surface area contributed by atoms with Crippen LogP contribution < -0.4 is 5.32 Å². The highest BCUT2D eigenvalue weighted by Gasteiger charge is 2.20. The summed E-state index contributed by atoms with van der Waals surface area (Å²) in [6.07, 6.45) is 0. The molecule has 0 aliphatic rings. The van der Waals surface area contributed by atoms with Crippen LogP contribution in [0.1, 0.15) is 9.67 Å². The van der Waals surface area contributed by atoms with Crippen molar-refractivity contribution in [2.24, 2.45) is 0 Å². The summed E-state index contributed by atoms with van der Waals surface area (Å²) in [5.41, 5.74) is 0. The van der Waals surface area contributed by atoms with Crippen LogP contribution in [0.4, 0.5) is 0 Å². The van der Waals surface area contributed by atoms with E-state index in [9.17, 15) is 9.59 Å². The second-order valence-electron chi connectivity index (χ2n) is 3.76. The van der Waals surface area contributed by atoms with E-state index in [0.29, 0.717) is 20.1 Å². The third-order valence-corrected chi connectivity index (χ3v) is 4.62. The van der Waals surface area contributed by atoms with Gasteiger partial charge in [0.2, 0.25) is 0 Å². The first-order valence-corrected chi connectivity index (χ1v) is 7.31. The fourth-order valence-electron chi connectivity index (χ4n) is 1.56. The monoisotopic (exact) mass is 351 g/mol. The SMILES string of the molecule is COC(=O)CNC(=O)c1sc2cc(Cl)cc(Cl)c2c1Cl. The lowest BCUT2D eigenvalue weighted by Crippen LogP contribution is -2.29. The molecule has 4 nitrogen and oxygen atoms in total. The fraction of sp³-hybridized carbons (Fsp3) is 0.167. The van der Waals surface area contributed by atoms with Gasteiger partial charge in [-0.1, -0.05) is 34.8 Å². The molecule has 0 saturated carbocycles. The maximum atomic E-state index is 12.0. The summed E-state index contributed by atoms with van der Waals surface area (Å²) < 4.78 is 5.14. The van der Waals surface area contributed by atoms with E-state index in [-0.39, 0.29) is 16.4 Å². The Morgan fingerprint density at radius 2 is 2.00 bits per heavy atom. The van der Waals surface area contributed by atoms with Crippen LogP contribution in [0, 0.1) is 0 Å². The smallest absolute Gasteiger partial charge is 0.325 e. The first-order chi connectivity index (χ1) is 9.43. The number of amides is 1. The lowest BCUT2D eigenvalue weighted by atomic mass is 10.2. The Hall–Kier alpha value is -1.01. The van der Waals surface area contributed by atoms with Gasteiger partial charge in [-0.2, -0.15) is 0 Å². The van der Waals surface area contributed by atoms with Gasteiger partial charge in [0.15, 0.2) is 0 Å². The van der Waals surface area contributed by atoms with Crippen molar-refractivity contribution in [1.82, 2.24) is 5.32 Å². The Bertz CT molecular complexity index is 699. The van der Waals surface area contributed by atoms with Crippen LogP contribution in [0.5, 0.6) is 0 Å². The predicted octanol–water partition coefficient (Wildman–Crippen LogP) is 3.76. The van der Waals surface area contributed by atoms with E-state index in [2.05, 4.69) is 10.1 Å². The molecule has 0 saturated heterocycles. The molecule has 1 heterocycles. The van der Waals surface area contributed by atoms with Crippen LogP contribution >= 0.6 is 46.1 Å². The summed E-state index contributed by atoms with van der Waals surface area (Å²) in [5.74, 6) is -1.01. The van der Waals surface area contributed by atoms with Gasteiger partial charge in [-0.25, -0.2) is 0 Å². The number of hydrogen-bond donors (Lipinski definition) is 1. The number of benzene rings is 1. The van der Waals surface area contributed by atoms with Gasteiger partial charge in [0, 0.05) is 15.1 Å². The van der Waals surface area contributed by atoms with E-state index < -0.39 is 11.9 Å². The molecule has 0 radical (unpaired) electrons. The third kappa shape index (κ3) is 3.01. The summed E-state index contributed by atoms with van der Waals surface area (Å²) in [6, 6.07) is 3.23. The Morgan fingerprint density at radius 1 is 1.30 bits per heavy atom. The molecule has 106 valence electrons. The van der Waals surface area contributed by atoms with E-state index in [1.807, 2.05) is 0 Å². The molecule has 0 atom stereocenters. The van der Waals surface area contributed by atoms with Crippen molar-refractivity contribution < 1.29 is 14.3 Å².